The number of rotatable bonds is 4. The molecule has 2 unspecified atom stereocenters. The Balaban J connectivity index is 1.44. The minimum Gasteiger partial charge on any atom is -0.356 e. The molecule has 0 spiro atoms. The molecule has 170 valence electrons. The topological polar surface area (TPSA) is 83.5 Å². The van der Waals surface area contributed by atoms with Crippen LogP contribution in [0.5, 0.6) is 0 Å². The Morgan fingerprint density at radius 3 is 2.48 bits per heavy atom. The molecule has 31 heavy (non-hydrogen) atoms. The van der Waals surface area contributed by atoms with Crippen LogP contribution in [-0.2, 0) is 27.8 Å². The van der Waals surface area contributed by atoms with Gasteiger partial charge in [-0.3, -0.25) is 4.79 Å². The number of fused-ring (bicyclic) bond motifs is 3. The van der Waals surface area contributed by atoms with E-state index in [0.717, 1.165) is 55.3 Å². The van der Waals surface area contributed by atoms with Gasteiger partial charge in [-0.05, 0) is 50.4 Å². The summed E-state index contributed by atoms with van der Waals surface area (Å²) < 4.78 is 28.9. The number of carbonyl (C=O) groups excluding carboxylic acids is 1. The molecule has 2 aliphatic heterocycles. The van der Waals surface area contributed by atoms with Gasteiger partial charge in [0.2, 0.25) is 10.0 Å². The van der Waals surface area contributed by atoms with Crippen LogP contribution in [0.3, 0.4) is 0 Å². The summed E-state index contributed by atoms with van der Waals surface area (Å²) in [6.45, 7) is 8.78. The van der Waals surface area contributed by atoms with Gasteiger partial charge in [0.15, 0.2) is 0 Å². The summed E-state index contributed by atoms with van der Waals surface area (Å²) in [7, 11) is -3.58. The number of aryl methyl sites for hydroxylation is 1. The molecule has 1 aromatic heterocycles. The molecule has 3 heterocycles. The fourth-order valence-corrected chi connectivity index (χ4v) is 8.79. The third kappa shape index (κ3) is 3.24. The lowest BCUT2D eigenvalue weighted by molar-refractivity contribution is -0.128. The van der Waals surface area contributed by atoms with E-state index in [2.05, 4.69) is 23.7 Å². The van der Waals surface area contributed by atoms with Gasteiger partial charge in [0.1, 0.15) is 17.4 Å². The number of aromatic nitrogens is 2. The maximum atomic E-state index is 13.6. The lowest BCUT2D eigenvalue weighted by Gasteiger charge is -2.39. The van der Waals surface area contributed by atoms with Gasteiger partial charge in [0.25, 0.3) is 0 Å². The van der Waals surface area contributed by atoms with Crippen molar-refractivity contribution >= 4 is 21.6 Å². The predicted octanol–water partition coefficient (Wildman–Crippen LogP) is 2.86. The molecule has 7 nitrogen and oxygen atoms in total. The molecule has 1 aromatic rings. The number of piperidine rings is 1. The van der Waals surface area contributed by atoms with Crippen LogP contribution in [0.2, 0.25) is 0 Å². The van der Waals surface area contributed by atoms with Gasteiger partial charge < -0.3 is 4.90 Å². The molecule has 2 atom stereocenters. The molecule has 0 aromatic carbocycles. The number of sulfonamides is 1. The molecular formula is C23H34N4O3S. The lowest BCUT2D eigenvalue weighted by atomic mass is 9.70. The highest BCUT2D eigenvalue weighted by Gasteiger charge is 2.65. The van der Waals surface area contributed by atoms with Crippen LogP contribution >= 0.6 is 0 Å². The molecule has 2 aliphatic carbocycles. The molecule has 5 rings (SSSR count). The molecule has 0 N–H and O–H groups in total. The van der Waals surface area contributed by atoms with Gasteiger partial charge >= 0.3 is 0 Å². The van der Waals surface area contributed by atoms with E-state index < -0.39 is 15.4 Å². The molecule has 2 saturated carbocycles. The summed E-state index contributed by atoms with van der Waals surface area (Å²) in [5, 5.41) is 0. The van der Waals surface area contributed by atoms with Gasteiger partial charge in [-0.25, -0.2) is 18.4 Å². The second kappa shape index (κ2) is 7.24. The van der Waals surface area contributed by atoms with Crippen LogP contribution in [0.15, 0.2) is 0 Å². The Labute approximate surface area is 185 Å². The standard InChI is InChI=1S/C23H34N4O3S/c1-16-24-19-8-12-27(14-18(19)21(25-16)26-10-5-4-6-11-26)31(29,30)15-23-9-7-17(13-20(23)28)22(23,2)3/h17H,4-15H2,1-3H3. The van der Waals surface area contributed by atoms with Crippen LogP contribution in [0.4, 0.5) is 5.82 Å². The predicted molar refractivity (Wildman–Crippen MR) is 119 cm³/mol. The largest absolute Gasteiger partial charge is 0.356 e. The van der Waals surface area contributed by atoms with Crippen molar-refractivity contribution in [2.24, 2.45) is 16.7 Å². The quantitative estimate of drug-likeness (QED) is 0.707. The summed E-state index contributed by atoms with van der Waals surface area (Å²) in [5.41, 5.74) is 0.970. The Hall–Kier alpha value is -1.54. The second-order valence-corrected chi connectivity index (χ2v) is 12.5. The Kier molecular flexibility index (Phi) is 4.97. The summed E-state index contributed by atoms with van der Waals surface area (Å²) in [6.07, 6.45) is 6.32. The van der Waals surface area contributed by atoms with E-state index in [-0.39, 0.29) is 17.0 Å². The zero-order valence-corrected chi connectivity index (χ0v) is 19.8. The van der Waals surface area contributed by atoms with Gasteiger partial charge in [-0.1, -0.05) is 13.8 Å². The van der Waals surface area contributed by atoms with E-state index in [1.807, 2.05) is 6.92 Å². The fourth-order valence-electron chi connectivity index (χ4n) is 6.61. The fraction of sp³-hybridized carbons (Fsp3) is 0.783. The van der Waals surface area contributed by atoms with Crippen molar-refractivity contribution in [1.29, 1.82) is 0 Å². The molecule has 8 heteroatoms. The summed E-state index contributed by atoms with van der Waals surface area (Å²) >= 11 is 0. The van der Waals surface area contributed by atoms with Gasteiger partial charge in [-0.15, -0.1) is 0 Å². The number of hydrogen-bond donors (Lipinski definition) is 0. The lowest BCUT2D eigenvalue weighted by Crippen LogP contribution is -2.48. The zero-order chi connectivity index (χ0) is 22.0. The van der Waals surface area contributed by atoms with Crippen molar-refractivity contribution in [2.75, 3.05) is 30.3 Å². The molecule has 0 radical (unpaired) electrons. The number of hydrogen-bond acceptors (Lipinski definition) is 6. The van der Waals surface area contributed by atoms with E-state index in [0.29, 0.717) is 38.3 Å². The van der Waals surface area contributed by atoms with Crippen LogP contribution in [-0.4, -0.2) is 53.9 Å². The SMILES string of the molecule is Cc1nc2c(c(N3CCCCC3)n1)CN(S(=O)(=O)CC13CCC(CC1=O)C3(C)C)CC2. The van der Waals surface area contributed by atoms with Crippen molar-refractivity contribution in [3.05, 3.63) is 17.1 Å². The molecule has 3 fully saturated rings. The number of ketones is 1. The van der Waals surface area contributed by atoms with Gasteiger partial charge in [0.05, 0.1) is 11.4 Å². The van der Waals surface area contributed by atoms with Crippen molar-refractivity contribution in [3.63, 3.8) is 0 Å². The minimum atomic E-state index is -3.58. The maximum absolute atomic E-state index is 13.6. The molecule has 1 saturated heterocycles. The van der Waals surface area contributed by atoms with Crippen LogP contribution < -0.4 is 4.90 Å². The highest BCUT2D eigenvalue weighted by atomic mass is 32.2. The van der Waals surface area contributed by atoms with Crippen LogP contribution in [0, 0.1) is 23.7 Å². The third-order valence-corrected chi connectivity index (χ3v) is 10.7. The van der Waals surface area contributed by atoms with E-state index in [9.17, 15) is 13.2 Å². The first-order chi connectivity index (χ1) is 14.6. The van der Waals surface area contributed by atoms with Crippen molar-refractivity contribution < 1.29 is 13.2 Å². The van der Waals surface area contributed by atoms with Crippen molar-refractivity contribution in [3.8, 4) is 0 Å². The van der Waals surface area contributed by atoms with Crippen LogP contribution in [0.1, 0.15) is 69.5 Å². The third-order valence-electron chi connectivity index (χ3n) is 8.73. The van der Waals surface area contributed by atoms with E-state index >= 15 is 0 Å². The average molecular weight is 447 g/mol. The first-order valence-electron chi connectivity index (χ1n) is 11.8. The number of anilines is 1. The van der Waals surface area contributed by atoms with E-state index in [1.54, 1.807) is 4.31 Å². The summed E-state index contributed by atoms with van der Waals surface area (Å²) in [5.74, 6) is 2.09. The molecule has 4 aliphatic rings. The van der Waals surface area contributed by atoms with Gasteiger partial charge in [-0.2, -0.15) is 4.31 Å². The second-order valence-electron chi connectivity index (χ2n) is 10.6. The smallest absolute Gasteiger partial charge is 0.215 e. The van der Waals surface area contributed by atoms with Crippen molar-refractivity contribution in [2.45, 2.75) is 72.3 Å². The Morgan fingerprint density at radius 2 is 1.84 bits per heavy atom. The average Bonchev–Trinajstić information content (AvgIpc) is 3.07. The van der Waals surface area contributed by atoms with Gasteiger partial charge in [0, 0.05) is 50.0 Å². The highest BCUT2D eigenvalue weighted by Crippen LogP contribution is 2.64. The molecule has 2 bridgehead atoms. The first-order valence-corrected chi connectivity index (χ1v) is 13.4. The minimum absolute atomic E-state index is 0.0522. The Morgan fingerprint density at radius 1 is 1.10 bits per heavy atom. The summed E-state index contributed by atoms with van der Waals surface area (Å²) in [6, 6.07) is 0. The maximum Gasteiger partial charge on any atom is 0.215 e. The van der Waals surface area contributed by atoms with E-state index in [4.69, 9.17) is 4.98 Å². The highest BCUT2D eigenvalue weighted by molar-refractivity contribution is 7.89. The zero-order valence-electron chi connectivity index (χ0n) is 19.0. The van der Waals surface area contributed by atoms with Crippen LogP contribution in [0.25, 0.3) is 0 Å². The Bertz CT molecular complexity index is 1020. The first kappa shape index (κ1) is 21.3. The number of carbonyl (C=O) groups is 1. The number of Topliss-reactive ketones (excluding diaryl/α,β-unsaturated/α-hetero) is 1. The van der Waals surface area contributed by atoms with E-state index in [1.165, 1.54) is 6.42 Å². The molecule has 0 amide bonds. The monoisotopic (exact) mass is 446 g/mol. The summed E-state index contributed by atoms with van der Waals surface area (Å²) in [4.78, 5) is 24.6. The normalized spacial score (nSPS) is 30.6. The van der Waals surface area contributed by atoms with Crippen molar-refractivity contribution in [1.82, 2.24) is 14.3 Å². The number of nitrogens with zero attached hydrogens (tertiary/aromatic N) is 4. The molecular weight excluding hydrogens is 412 g/mol.